The van der Waals surface area contributed by atoms with Crippen molar-refractivity contribution in [1.82, 2.24) is 0 Å². The van der Waals surface area contributed by atoms with Crippen LogP contribution >= 0.6 is 34.8 Å². The Labute approximate surface area is 134 Å². The molecule has 0 saturated carbocycles. The summed E-state index contributed by atoms with van der Waals surface area (Å²) in [5.41, 5.74) is 0.423. The van der Waals surface area contributed by atoms with Gasteiger partial charge in [0.1, 0.15) is 5.82 Å². The molecule has 8 heteroatoms. The Morgan fingerprint density at radius 1 is 1.14 bits per heavy atom. The minimum absolute atomic E-state index is 0.152. The maximum atomic E-state index is 13.3. The minimum atomic E-state index is -0.713. The Kier molecular flexibility index (Phi) is 4.88. The number of hydrogen-bond donors (Lipinski definition) is 1. The van der Waals surface area contributed by atoms with E-state index in [1.54, 1.807) is 12.1 Å². The van der Waals surface area contributed by atoms with E-state index in [4.69, 9.17) is 34.8 Å². The lowest BCUT2D eigenvalue weighted by Gasteiger charge is -2.11. The van der Waals surface area contributed by atoms with Gasteiger partial charge in [-0.2, -0.15) is 0 Å². The number of benzene rings is 2. The molecule has 21 heavy (non-hydrogen) atoms. The summed E-state index contributed by atoms with van der Waals surface area (Å²) >= 11 is 17.9. The smallest absolute Gasteiger partial charge is 0.274 e. The second-order valence-electron chi connectivity index (χ2n) is 4.13. The number of hydrogen-bond acceptors (Lipinski definition) is 3. The van der Waals surface area contributed by atoms with Crippen LogP contribution in [0.4, 0.5) is 15.8 Å². The Morgan fingerprint density at radius 3 is 2.48 bits per heavy atom. The van der Waals surface area contributed by atoms with Gasteiger partial charge in [-0.3, -0.25) is 10.1 Å². The molecule has 0 aromatic heterocycles. The fourth-order valence-corrected chi connectivity index (χ4v) is 2.38. The molecule has 0 aliphatic rings. The highest BCUT2D eigenvalue weighted by Crippen LogP contribution is 2.32. The summed E-state index contributed by atoms with van der Waals surface area (Å²) in [5.74, 6) is -0.713. The molecule has 0 spiro atoms. The lowest BCUT2D eigenvalue weighted by Crippen LogP contribution is -2.02. The molecular weight excluding hydrogens is 342 g/mol. The van der Waals surface area contributed by atoms with Gasteiger partial charge in [-0.15, -0.1) is 0 Å². The molecule has 0 aliphatic carbocycles. The number of anilines is 1. The van der Waals surface area contributed by atoms with Crippen molar-refractivity contribution < 1.29 is 9.31 Å². The van der Waals surface area contributed by atoms with Crippen LogP contribution in [0.1, 0.15) is 5.56 Å². The van der Waals surface area contributed by atoms with Crippen molar-refractivity contribution in [3.05, 3.63) is 66.9 Å². The Hall–Kier alpha value is -1.56. The van der Waals surface area contributed by atoms with Gasteiger partial charge in [-0.1, -0.05) is 34.8 Å². The zero-order valence-electron chi connectivity index (χ0n) is 10.4. The van der Waals surface area contributed by atoms with Crippen molar-refractivity contribution in [1.29, 1.82) is 0 Å². The molecule has 0 saturated heterocycles. The van der Waals surface area contributed by atoms with Gasteiger partial charge < -0.3 is 5.32 Å². The third kappa shape index (κ3) is 3.75. The van der Waals surface area contributed by atoms with Crippen molar-refractivity contribution in [2.45, 2.75) is 6.54 Å². The molecule has 2 aromatic rings. The average molecular weight is 350 g/mol. The van der Waals surface area contributed by atoms with Crippen LogP contribution in [0.15, 0.2) is 30.3 Å². The van der Waals surface area contributed by atoms with E-state index in [1.165, 1.54) is 6.07 Å². The third-order valence-electron chi connectivity index (χ3n) is 2.70. The number of nitrogens with one attached hydrogen (secondary N) is 1. The van der Waals surface area contributed by atoms with Gasteiger partial charge in [0.15, 0.2) is 0 Å². The van der Waals surface area contributed by atoms with Crippen LogP contribution in [0.5, 0.6) is 0 Å². The zero-order chi connectivity index (χ0) is 15.6. The second kappa shape index (κ2) is 6.47. The quantitative estimate of drug-likeness (QED) is 0.462. The fraction of sp³-hybridized carbons (Fsp3) is 0.0769. The maximum absolute atomic E-state index is 13.3. The maximum Gasteiger partial charge on any atom is 0.274 e. The predicted octanol–water partition coefficient (Wildman–Crippen LogP) is 5.31. The molecule has 0 bridgehead atoms. The molecule has 110 valence electrons. The molecule has 0 amide bonds. The van der Waals surface area contributed by atoms with Crippen molar-refractivity contribution in [3.8, 4) is 0 Å². The van der Waals surface area contributed by atoms with E-state index in [9.17, 15) is 14.5 Å². The van der Waals surface area contributed by atoms with Crippen molar-refractivity contribution in [2.24, 2.45) is 0 Å². The van der Waals surface area contributed by atoms with Crippen LogP contribution in [-0.2, 0) is 6.54 Å². The first kappa shape index (κ1) is 15.8. The molecule has 0 fully saturated rings. The Morgan fingerprint density at radius 2 is 1.81 bits per heavy atom. The summed E-state index contributed by atoms with van der Waals surface area (Å²) in [6.07, 6.45) is 0. The number of nitrogens with zero attached hydrogens (tertiary/aromatic N) is 1. The van der Waals surface area contributed by atoms with E-state index in [0.717, 1.165) is 12.1 Å². The summed E-state index contributed by atoms with van der Waals surface area (Å²) in [7, 11) is 0. The fourth-order valence-electron chi connectivity index (χ4n) is 1.70. The first-order chi connectivity index (χ1) is 9.88. The molecule has 0 aliphatic heterocycles. The number of rotatable bonds is 4. The minimum Gasteiger partial charge on any atom is -0.381 e. The van der Waals surface area contributed by atoms with Gasteiger partial charge in [0.2, 0.25) is 0 Å². The topological polar surface area (TPSA) is 55.2 Å². The van der Waals surface area contributed by atoms with E-state index in [2.05, 4.69) is 5.32 Å². The number of nitro benzene ring substituents is 1. The molecule has 4 nitrogen and oxygen atoms in total. The Bertz CT molecular complexity index is 710. The van der Waals surface area contributed by atoms with Crippen molar-refractivity contribution in [3.63, 3.8) is 0 Å². The third-order valence-corrected chi connectivity index (χ3v) is 3.90. The van der Waals surface area contributed by atoms with Crippen LogP contribution in [0.2, 0.25) is 15.1 Å². The molecular formula is C13H8Cl3FN2O2. The highest BCUT2D eigenvalue weighted by atomic mass is 35.5. The monoisotopic (exact) mass is 348 g/mol. The van der Waals surface area contributed by atoms with Crippen molar-refractivity contribution in [2.75, 3.05) is 5.32 Å². The van der Waals surface area contributed by atoms with E-state index >= 15 is 0 Å². The lowest BCUT2D eigenvalue weighted by atomic mass is 10.2. The number of non-ortho nitro benzene ring substituents is 1. The standard InChI is InChI=1S/C13H8Cl3FN2O2/c14-11-1-2-12(15)13(16)10(11)6-18-8-3-7(17)4-9(5-8)19(20)21/h1-5,18H,6H2. The first-order valence-electron chi connectivity index (χ1n) is 5.69. The van der Waals surface area contributed by atoms with Gasteiger partial charge in [0.25, 0.3) is 5.69 Å². The van der Waals surface area contributed by atoms with Gasteiger partial charge in [0.05, 0.1) is 21.0 Å². The van der Waals surface area contributed by atoms with Gasteiger partial charge in [-0.25, -0.2) is 4.39 Å². The van der Waals surface area contributed by atoms with Crippen LogP contribution in [-0.4, -0.2) is 4.92 Å². The van der Waals surface area contributed by atoms with Gasteiger partial charge >= 0.3 is 0 Å². The number of nitro groups is 1. The summed E-state index contributed by atoms with van der Waals surface area (Å²) in [5, 5.41) is 14.5. The second-order valence-corrected chi connectivity index (χ2v) is 5.32. The zero-order valence-corrected chi connectivity index (χ0v) is 12.6. The van der Waals surface area contributed by atoms with E-state index in [-0.39, 0.29) is 22.9 Å². The largest absolute Gasteiger partial charge is 0.381 e. The SMILES string of the molecule is O=[N+]([O-])c1cc(F)cc(NCc2c(Cl)ccc(Cl)c2Cl)c1. The van der Waals surface area contributed by atoms with Crippen LogP contribution in [0, 0.1) is 15.9 Å². The van der Waals surface area contributed by atoms with E-state index < -0.39 is 10.7 Å². The molecule has 0 unspecified atom stereocenters. The van der Waals surface area contributed by atoms with Crippen LogP contribution < -0.4 is 5.32 Å². The molecule has 0 atom stereocenters. The van der Waals surface area contributed by atoms with Gasteiger partial charge in [-0.05, 0) is 18.2 Å². The average Bonchev–Trinajstić information content (AvgIpc) is 2.42. The Balaban J connectivity index is 2.25. The van der Waals surface area contributed by atoms with Crippen molar-refractivity contribution >= 4 is 46.2 Å². The summed E-state index contributed by atoms with van der Waals surface area (Å²) in [6, 6.07) is 6.34. The molecule has 2 aromatic carbocycles. The molecule has 0 heterocycles. The number of halogens is 4. The highest BCUT2D eigenvalue weighted by Gasteiger charge is 2.12. The normalized spacial score (nSPS) is 10.5. The highest BCUT2D eigenvalue weighted by molar-refractivity contribution is 6.44. The van der Waals surface area contributed by atoms with Gasteiger partial charge in [0, 0.05) is 28.9 Å². The summed E-state index contributed by atoms with van der Waals surface area (Å²) in [4.78, 5) is 10.0. The lowest BCUT2D eigenvalue weighted by molar-refractivity contribution is -0.385. The molecule has 0 radical (unpaired) electrons. The van der Waals surface area contributed by atoms with Crippen LogP contribution in [0.25, 0.3) is 0 Å². The summed E-state index contributed by atoms with van der Waals surface area (Å²) in [6.45, 7) is 0.152. The summed E-state index contributed by atoms with van der Waals surface area (Å²) < 4.78 is 13.3. The van der Waals surface area contributed by atoms with Crippen LogP contribution in [0.3, 0.4) is 0 Å². The van der Waals surface area contributed by atoms with E-state index in [1.807, 2.05) is 0 Å². The molecule has 1 N–H and O–H groups in total. The predicted molar refractivity (Wildman–Crippen MR) is 81.9 cm³/mol. The first-order valence-corrected chi connectivity index (χ1v) is 6.83. The van der Waals surface area contributed by atoms with E-state index in [0.29, 0.717) is 15.6 Å². The molecule has 2 rings (SSSR count).